The van der Waals surface area contributed by atoms with Gasteiger partial charge in [-0.1, -0.05) is 0 Å². The maximum Gasteiger partial charge on any atom is 0.347 e. The topological polar surface area (TPSA) is 119 Å². The highest BCUT2D eigenvalue weighted by Crippen LogP contribution is 2.14. The zero-order valence-corrected chi connectivity index (χ0v) is 15.7. The van der Waals surface area contributed by atoms with E-state index in [9.17, 15) is 9.59 Å². The van der Waals surface area contributed by atoms with Gasteiger partial charge in [0.05, 0.1) is 23.3 Å². The van der Waals surface area contributed by atoms with Crippen LogP contribution in [0.1, 0.15) is 18.1 Å². The molecule has 0 aliphatic rings. The fraction of sp³-hybridized carbons (Fsp3) is 0.238. The largest absolute Gasteiger partial charge is 0.482 e. The second-order valence-corrected chi connectivity index (χ2v) is 5.71. The summed E-state index contributed by atoms with van der Waals surface area (Å²) in [4.78, 5) is 23.5. The molecule has 0 heterocycles. The molecule has 0 aromatic heterocycles. The first-order valence-corrected chi connectivity index (χ1v) is 8.64. The molecule has 2 aromatic carbocycles. The van der Waals surface area contributed by atoms with Crippen LogP contribution in [0.5, 0.6) is 11.5 Å². The summed E-state index contributed by atoms with van der Waals surface area (Å²) in [7, 11) is 0. The molecule has 0 radical (unpaired) electrons. The van der Waals surface area contributed by atoms with Gasteiger partial charge >= 0.3 is 11.9 Å². The first-order valence-electron chi connectivity index (χ1n) is 8.64. The smallest absolute Gasteiger partial charge is 0.347 e. The van der Waals surface area contributed by atoms with Crippen LogP contribution in [0.3, 0.4) is 0 Å². The van der Waals surface area contributed by atoms with Gasteiger partial charge in [0.2, 0.25) is 0 Å². The summed E-state index contributed by atoms with van der Waals surface area (Å²) in [6, 6.07) is 16.6. The monoisotopic (exact) mass is 394 g/mol. The normalized spacial score (nSPS) is 10.7. The Morgan fingerprint density at radius 2 is 1.38 bits per heavy atom. The zero-order valence-electron chi connectivity index (χ0n) is 15.7. The van der Waals surface area contributed by atoms with E-state index in [-0.39, 0.29) is 19.8 Å². The number of rotatable bonds is 9. The molecule has 2 aromatic rings. The van der Waals surface area contributed by atoms with Crippen molar-refractivity contribution in [1.29, 1.82) is 10.5 Å². The van der Waals surface area contributed by atoms with E-state index >= 15 is 0 Å². The molecule has 0 saturated carbocycles. The van der Waals surface area contributed by atoms with E-state index in [1.54, 1.807) is 48.5 Å². The molecule has 0 spiro atoms. The van der Waals surface area contributed by atoms with Gasteiger partial charge in [-0.3, -0.25) is 0 Å². The van der Waals surface area contributed by atoms with E-state index in [4.69, 9.17) is 29.5 Å². The second kappa shape index (κ2) is 11.0. The molecule has 0 amide bonds. The predicted octanol–water partition coefficient (Wildman–Crippen LogP) is 2.36. The molecule has 0 N–H and O–H groups in total. The lowest BCUT2D eigenvalue weighted by Gasteiger charge is -2.14. The predicted molar refractivity (Wildman–Crippen MR) is 99.8 cm³/mol. The number of nitrogens with zero attached hydrogens (tertiary/aromatic N) is 2. The summed E-state index contributed by atoms with van der Waals surface area (Å²) < 4.78 is 20.6. The fourth-order valence-corrected chi connectivity index (χ4v) is 2.09. The Morgan fingerprint density at radius 1 is 0.862 bits per heavy atom. The lowest BCUT2D eigenvalue weighted by molar-refractivity contribution is -0.157. The van der Waals surface area contributed by atoms with Gasteiger partial charge in [-0.25, -0.2) is 9.59 Å². The summed E-state index contributed by atoms with van der Waals surface area (Å²) in [5, 5.41) is 17.5. The van der Waals surface area contributed by atoms with Crippen molar-refractivity contribution in [2.75, 3.05) is 19.8 Å². The molecule has 0 fully saturated rings. The van der Waals surface area contributed by atoms with Gasteiger partial charge in [-0.15, -0.1) is 0 Å². The van der Waals surface area contributed by atoms with Crippen LogP contribution in [-0.4, -0.2) is 37.9 Å². The first-order chi connectivity index (χ1) is 14.0. The van der Waals surface area contributed by atoms with Crippen LogP contribution < -0.4 is 9.47 Å². The number of hydrogen-bond acceptors (Lipinski definition) is 8. The molecule has 2 rings (SSSR count). The van der Waals surface area contributed by atoms with Crippen LogP contribution in [-0.2, 0) is 19.1 Å². The van der Waals surface area contributed by atoms with E-state index in [1.165, 1.54) is 6.92 Å². The van der Waals surface area contributed by atoms with Crippen molar-refractivity contribution in [3.05, 3.63) is 59.7 Å². The third-order valence-corrected chi connectivity index (χ3v) is 3.56. The Morgan fingerprint density at radius 3 is 1.93 bits per heavy atom. The highest BCUT2D eigenvalue weighted by atomic mass is 16.6. The molecular formula is C21H18N2O6. The third-order valence-electron chi connectivity index (χ3n) is 3.56. The van der Waals surface area contributed by atoms with Crippen LogP contribution in [0.4, 0.5) is 0 Å². The van der Waals surface area contributed by atoms with Crippen molar-refractivity contribution in [2.45, 2.75) is 13.0 Å². The van der Waals surface area contributed by atoms with Crippen molar-refractivity contribution in [1.82, 2.24) is 0 Å². The van der Waals surface area contributed by atoms with Gasteiger partial charge in [0.1, 0.15) is 24.7 Å². The molecule has 1 unspecified atom stereocenters. The molecule has 8 nitrogen and oxygen atoms in total. The number of hydrogen-bond donors (Lipinski definition) is 0. The van der Waals surface area contributed by atoms with Gasteiger partial charge in [0.25, 0.3) is 0 Å². The minimum Gasteiger partial charge on any atom is -0.482 e. The van der Waals surface area contributed by atoms with Crippen molar-refractivity contribution >= 4 is 11.9 Å². The lowest BCUT2D eigenvalue weighted by Crippen LogP contribution is -2.28. The van der Waals surface area contributed by atoms with Gasteiger partial charge in [-0.05, 0) is 55.5 Å². The SMILES string of the molecule is CC(Oc1ccc(C#N)cc1)C(=O)OCCOC(=O)COc1ccc(C#N)cc1. The maximum atomic E-state index is 11.9. The molecule has 0 aliphatic heterocycles. The molecular weight excluding hydrogens is 376 g/mol. The Bertz CT molecular complexity index is 910. The van der Waals surface area contributed by atoms with Crippen LogP contribution in [0, 0.1) is 22.7 Å². The Kier molecular flexibility index (Phi) is 8.03. The average Bonchev–Trinajstić information content (AvgIpc) is 2.76. The molecule has 1 atom stereocenters. The summed E-state index contributed by atoms with van der Waals surface area (Å²) >= 11 is 0. The summed E-state index contributed by atoms with van der Waals surface area (Å²) in [6.07, 6.45) is -0.863. The van der Waals surface area contributed by atoms with Gasteiger partial charge in [0, 0.05) is 0 Å². The minimum absolute atomic E-state index is 0.120. The van der Waals surface area contributed by atoms with Crippen molar-refractivity contribution in [3.8, 4) is 23.6 Å². The first kappa shape index (κ1) is 21.3. The molecule has 0 bridgehead atoms. The molecule has 29 heavy (non-hydrogen) atoms. The van der Waals surface area contributed by atoms with Crippen molar-refractivity contribution < 1.29 is 28.5 Å². The van der Waals surface area contributed by atoms with Crippen LogP contribution in [0.25, 0.3) is 0 Å². The van der Waals surface area contributed by atoms with E-state index in [0.717, 1.165) is 0 Å². The van der Waals surface area contributed by atoms with Crippen LogP contribution in [0.2, 0.25) is 0 Å². The number of carbonyl (C=O) groups is 2. The Balaban J connectivity index is 1.62. The lowest BCUT2D eigenvalue weighted by atomic mass is 10.2. The number of benzene rings is 2. The minimum atomic E-state index is -0.863. The van der Waals surface area contributed by atoms with E-state index in [2.05, 4.69) is 0 Å². The second-order valence-electron chi connectivity index (χ2n) is 5.71. The highest BCUT2D eigenvalue weighted by Gasteiger charge is 2.16. The third kappa shape index (κ3) is 7.24. The van der Waals surface area contributed by atoms with Crippen LogP contribution >= 0.6 is 0 Å². The zero-order chi connectivity index (χ0) is 21.1. The average molecular weight is 394 g/mol. The van der Waals surface area contributed by atoms with Crippen molar-refractivity contribution in [3.63, 3.8) is 0 Å². The number of ether oxygens (including phenoxy) is 4. The van der Waals surface area contributed by atoms with Crippen LogP contribution in [0.15, 0.2) is 48.5 Å². The van der Waals surface area contributed by atoms with E-state index < -0.39 is 18.0 Å². The van der Waals surface area contributed by atoms with Crippen molar-refractivity contribution in [2.24, 2.45) is 0 Å². The summed E-state index contributed by atoms with van der Waals surface area (Å²) in [5.74, 6) is -0.368. The number of carbonyl (C=O) groups excluding carboxylic acids is 2. The molecule has 0 aliphatic carbocycles. The highest BCUT2D eigenvalue weighted by molar-refractivity contribution is 5.74. The Labute approximate surface area is 167 Å². The quantitative estimate of drug-likeness (QED) is 0.470. The molecule has 8 heteroatoms. The molecule has 148 valence electrons. The van der Waals surface area contributed by atoms with Gasteiger partial charge in [0.15, 0.2) is 12.7 Å². The number of nitriles is 2. The standard InChI is InChI=1S/C21H18N2O6/c1-15(29-19-8-4-17(13-23)5-9-19)21(25)27-11-10-26-20(24)14-28-18-6-2-16(12-22)3-7-18/h2-9,15H,10-11,14H2,1H3. The molecule has 0 saturated heterocycles. The maximum absolute atomic E-state index is 11.9. The fourth-order valence-electron chi connectivity index (χ4n) is 2.09. The van der Waals surface area contributed by atoms with E-state index in [1.807, 2.05) is 12.1 Å². The van der Waals surface area contributed by atoms with E-state index in [0.29, 0.717) is 22.6 Å². The summed E-state index contributed by atoms with van der Waals surface area (Å²) in [6.45, 7) is 0.976. The number of esters is 2. The summed E-state index contributed by atoms with van der Waals surface area (Å²) in [5.41, 5.74) is 0.969. The van der Waals surface area contributed by atoms with Gasteiger partial charge in [-0.2, -0.15) is 10.5 Å². The van der Waals surface area contributed by atoms with Gasteiger partial charge < -0.3 is 18.9 Å². The Hall–Kier alpha value is -4.04.